The first-order valence-electron chi connectivity index (χ1n) is 5.19. The summed E-state index contributed by atoms with van der Waals surface area (Å²) in [7, 11) is 0. The van der Waals surface area contributed by atoms with Crippen molar-refractivity contribution in [3.8, 4) is 0 Å². The molecule has 0 aliphatic carbocycles. The summed E-state index contributed by atoms with van der Waals surface area (Å²) in [6, 6.07) is 6.91. The van der Waals surface area contributed by atoms with Crippen molar-refractivity contribution >= 4 is 28.1 Å². The highest BCUT2D eigenvalue weighted by Crippen LogP contribution is 2.18. The largest absolute Gasteiger partial charge is 0.398 e. The highest BCUT2D eigenvalue weighted by molar-refractivity contribution is 7.15. The summed E-state index contributed by atoms with van der Waals surface area (Å²) < 4.78 is 0. The molecular formula is C11H12N4OS. The second kappa shape index (κ2) is 4.92. The number of aryl methyl sites for hydroxylation is 1. The predicted octanol–water partition coefficient (Wildman–Crippen LogP) is 1.93. The number of hydrogen-bond donors (Lipinski definition) is 2. The Kier molecular flexibility index (Phi) is 3.34. The molecule has 0 saturated carbocycles. The van der Waals surface area contributed by atoms with Gasteiger partial charge in [0.2, 0.25) is 5.13 Å². The molecule has 0 unspecified atom stereocenters. The molecule has 3 N–H and O–H groups in total. The average Bonchev–Trinajstić information content (AvgIpc) is 2.77. The van der Waals surface area contributed by atoms with Crippen LogP contribution in [0.4, 0.5) is 10.8 Å². The van der Waals surface area contributed by atoms with Gasteiger partial charge in [-0.3, -0.25) is 10.1 Å². The summed E-state index contributed by atoms with van der Waals surface area (Å²) >= 11 is 1.37. The van der Waals surface area contributed by atoms with Gasteiger partial charge < -0.3 is 5.73 Å². The summed E-state index contributed by atoms with van der Waals surface area (Å²) in [5.74, 6) is -0.262. The number of para-hydroxylation sites is 1. The second-order valence-corrected chi connectivity index (χ2v) is 4.46. The molecule has 0 radical (unpaired) electrons. The van der Waals surface area contributed by atoms with Gasteiger partial charge in [-0.1, -0.05) is 30.4 Å². The molecule has 1 aromatic carbocycles. The van der Waals surface area contributed by atoms with Crippen LogP contribution in [0.1, 0.15) is 22.3 Å². The zero-order chi connectivity index (χ0) is 12.3. The predicted molar refractivity (Wildman–Crippen MR) is 68.1 cm³/mol. The number of nitrogens with two attached hydrogens (primary N) is 1. The van der Waals surface area contributed by atoms with E-state index >= 15 is 0 Å². The SMILES string of the molecule is CCc1nnc(NC(=O)c2ccccc2N)s1. The van der Waals surface area contributed by atoms with Crippen molar-refractivity contribution in [3.05, 3.63) is 34.8 Å². The molecule has 17 heavy (non-hydrogen) atoms. The molecule has 6 heteroatoms. The maximum Gasteiger partial charge on any atom is 0.259 e. The molecule has 2 aromatic rings. The molecule has 0 fully saturated rings. The Bertz CT molecular complexity index is 538. The van der Waals surface area contributed by atoms with E-state index in [0.29, 0.717) is 16.4 Å². The Balaban J connectivity index is 2.14. The van der Waals surface area contributed by atoms with Crippen LogP contribution in [0.2, 0.25) is 0 Å². The van der Waals surface area contributed by atoms with Crippen LogP contribution < -0.4 is 11.1 Å². The molecule has 0 spiro atoms. The van der Waals surface area contributed by atoms with E-state index in [9.17, 15) is 4.79 Å². The molecular weight excluding hydrogens is 236 g/mol. The van der Waals surface area contributed by atoms with Crippen molar-refractivity contribution < 1.29 is 4.79 Å². The summed E-state index contributed by atoms with van der Waals surface area (Å²) in [5, 5.41) is 11.9. The van der Waals surface area contributed by atoms with Gasteiger partial charge in [0.25, 0.3) is 5.91 Å². The maximum absolute atomic E-state index is 11.9. The monoisotopic (exact) mass is 248 g/mol. The van der Waals surface area contributed by atoms with Crippen LogP contribution in [0.15, 0.2) is 24.3 Å². The van der Waals surface area contributed by atoms with Gasteiger partial charge in [-0.15, -0.1) is 10.2 Å². The van der Waals surface area contributed by atoms with E-state index in [1.54, 1.807) is 24.3 Å². The van der Waals surface area contributed by atoms with Crippen molar-refractivity contribution in [1.82, 2.24) is 10.2 Å². The third kappa shape index (κ3) is 2.59. The fourth-order valence-corrected chi connectivity index (χ4v) is 1.99. The van der Waals surface area contributed by atoms with Crippen LogP contribution >= 0.6 is 11.3 Å². The average molecular weight is 248 g/mol. The highest BCUT2D eigenvalue weighted by atomic mass is 32.1. The number of benzene rings is 1. The van der Waals surface area contributed by atoms with Crippen LogP contribution in [-0.4, -0.2) is 16.1 Å². The van der Waals surface area contributed by atoms with E-state index in [0.717, 1.165) is 11.4 Å². The molecule has 1 aromatic heterocycles. The summed E-state index contributed by atoms with van der Waals surface area (Å²) in [5.41, 5.74) is 6.61. The van der Waals surface area contributed by atoms with Crippen LogP contribution in [0.5, 0.6) is 0 Å². The van der Waals surface area contributed by atoms with Crippen LogP contribution in [0.3, 0.4) is 0 Å². The fraction of sp³-hybridized carbons (Fsp3) is 0.182. The summed E-state index contributed by atoms with van der Waals surface area (Å²) in [6.45, 7) is 1.99. The molecule has 5 nitrogen and oxygen atoms in total. The van der Waals surface area contributed by atoms with Gasteiger partial charge in [-0.2, -0.15) is 0 Å². The number of amides is 1. The van der Waals surface area contributed by atoms with Gasteiger partial charge >= 0.3 is 0 Å². The number of carbonyl (C=O) groups excluding carboxylic acids is 1. The Labute approximate surface area is 103 Å². The van der Waals surface area contributed by atoms with Crippen molar-refractivity contribution in [2.24, 2.45) is 0 Å². The van der Waals surface area contributed by atoms with E-state index in [1.165, 1.54) is 11.3 Å². The number of anilines is 2. The molecule has 1 amide bonds. The van der Waals surface area contributed by atoms with E-state index in [-0.39, 0.29) is 5.91 Å². The van der Waals surface area contributed by atoms with Gasteiger partial charge in [-0.25, -0.2) is 0 Å². The van der Waals surface area contributed by atoms with Gasteiger partial charge in [0, 0.05) is 5.69 Å². The first-order valence-corrected chi connectivity index (χ1v) is 6.00. The zero-order valence-corrected chi connectivity index (χ0v) is 10.1. The third-order valence-electron chi connectivity index (χ3n) is 2.20. The minimum absolute atomic E-state index is 0.262. The smallest absolute Gasteiger partial charge is 0.259 e. The lowest BCUT2D eigenvalue weighted by atomic mass is 10.2. The zero-order valence-electron chi connectivity index (χ0n) is 9.30. The third-order valence-corrected chi connectivity index (χ3v) is 3.18. The number of carbonyl (C=O) groups is 1. The topological polar surface area (TPSA) is 80.9 Å². The van der Waals surface area contributed by atoms with Crippen molar-refractivity contribution in [2.75, 3.05) is 11.1 Å². The van der Waals surface area contributed by atoms with Crippen molar-refractivity contribution in [3.63, 3.8) is 0 Å². The quantitative estimate of drug-likeness (QED) is 0.813. The van der Waals surface area contributed by atoms with Crippen molar-refractivity contribution in [2.45, 2.75) is 13.3 Å². The van der Waals surface area contributed by atoms with Crippen LogP contribution in [-0.2, 0) is 6.42 Å². The fourth-order valence-electron chi connectivity index (χ4n) is 1.32. The molecule has 0 aliphatic heterocycles. The highest BCUT2D eigenvalue weighted by Gasteiger charge is 2.11. The molecule has 0 bridgehead atoms. The Hall–Kier alpha value is -1.95. The van der Waals surface area contributed by atoms with E-state index in [4.69, 9.17) is 5.73 Å². The number of aromatic nitrogens is 2. The minimum atomic E-state index is -0.262. The van der Waals surface area contributed by atoms with Gasteiger partial charge in [0.15, 0.2) is 0 Å². The number of nitrogen functional groups attached to an aromatic ring is 1. The van der Waals surface area contributed by atoms with Gasteiger partial charge in [0.1, 0.15) is 5.01 Å². The normalized spacial score (nSPS) is 10.2. The first-order chi connectivity index (χ1) is 8.20. The number of hydrogen-bond acceptors (Lipinski definition) is 5. The lowest BCUT2D eigenvalue weighted by Gasteiger charge is -2.03. The standard InChI is InChI=1S/C11H12N4OS/c1-2-9-14-15-11(17-9)13-10(16)7-5-3-4-6-8(7)12/h3-6H,2,12H2,1H3,(H,13,15,16). The Morgan fingerprint density at radius 2 is 2.18 bits per heavy atom. The van der Waals surface area contributed by atoms with Crippen molar-refractivity contribution in [1.29, 1.82) is 0 Å². The molecule has 88 valence electrons. The molecule has 1 heterocycles. The summed E-state index contributed by atoms with van der Waals surface area (Å²) in [6.07, 6.45) is 0.807. The maximum atomic E-state index is 11.9. The summed E-state index contributed by atoms with van der Waals surface area (Å²) in [4.78, 5) is 11.9. The van der Waals surface area contributed by atoms with E-state index in [2.05, 4.69) is 15.5 Å². The van der Waals surface area contributed by atoms with Crippen LogP contribution in [0.25, 0.3) is 0 Å². The molecule has 0 saturated heterocycles. The Morgan fingerprint density at radius 3 is 2.82 bits per heavy atom. The lowest BCUT2D eigenvalue weighted by molar-refractivity contribution is 0.102. The first kappa shape index (κ1) is 11.5. The molecule has 0 aliphatic rings. The lowest BCUT2D eigenvalue weighted by Crippen LogP contribution is -2.13. The molecule has 0 atom stereocenters. The van der Waals surface area contributed by atoms with E-state index < -0.39 is 0 Å². The van der Waals surface area contributed by atoms with E-state index in [1.807, 2.05) is 6.92 Å². The Morgan fingerprint density at radius 1 is 1.41 bits per heavy atom. The number of rotatable bonds is 3. The van der Waals surface area contributed by atoms with Gasteiger partial charge in [0.05, 0.1) is 5.56 Å². The molecule has 2 rings (SSSR count). The number of nitrogens with one attached hydrogen (secondary N) is 1. The van der Waals surface area contributed by atoms with Gasteiger partial charge in [-0.05, 0) is 18.6 Å². The second-order valence-electron chi connectivity index (χ2n) is 3.40. The van der Waals surface area contributed by atoms with Crippen LogP contribution in [0, 0.1) is 0 Å². The minimum Gasteiger partial charge on any atom is -0.398 e. The number of nitrogens with zero attached hydrogens (tertiary/aromatic N) is 2.